The largest absolute Gasteiger partial charge is 0.314 e. The van der Waals surface area contributed by atoms with Gasteiger partial charge < -0.3 is 15.5 Å². The minimum absolute atomic E-state index is 0.618. The highest BCUT2D eigenvalue weighted by molar-refractivity contribution is 4.70. The van der Waals surface area contributed by atoms with E-state index in [-0.39, 0.29) is 0 Å². The van der Waals surface area contributed by atoms with Crippen LogP contribution < -0.4 is 10.6 Å². The maximum Gasteiger partial charge on any atom is 0.0115 e. The molecule has 0 heterocycles. The molecule has 0 amide bonds. The van der Waals surface area contributed by atoms with Gasteiger partial charge in [-0.2, -0.15) is 0 Å². The van der Waals surface area contributed by atoms with Crippen molar-refractivity contribution >= 4 is 0 Å². The highest BCUT2D eigenvalue weighted by Gasteiger charge is 2.13. The van der Waals surface area contributed by atoms with Gasteiger partial charge in [-0.3, -0.25) is 9.80 Å². The van der Waals surface area contributed by atoms with Crippen molar-refractivity contribution in [1.82, 2.24) is 25.3 Å². The highest BCUT2D eigenvalue weighted by Crippen LogP contribution is 2.04. The predicted octanol–water partition coefficient (Wildman–Crippen LogP) is 2.34. The summed E-state index contributed by atoms with van der Waals surface area (Å²) >= 11 is 0. The Bertz CT molecular complexity index is 302. The van der Waals surface area contributed by atoms with Gasteiger partial charge in [0.2, 0.25) is 0 Å². The summed E-state index contributed by atoms with van der Waals surface area (Å²) < 4.78 is 0. The number of likely N-dealkylation sites (N-methyl/N-ethyl adjacent to an activating group) is 1. The Labute approximate surface area is 164 Å². The lowest BCUT2D eigenvalue weighted by Crippen LogP contribution is -2.43. The second-order valence-electron chi connectivity index (χ2n) is 8.65. The van der Waals surface area contributed by atoms with Crippen LogP contribution in [0.15, 0.2) is 0 Å². The van der Waals surface area contributed by atoms with Crippen LogP contribution in [0, 0.1) is 0 Å². The highest BCUT2D eigenvalue weighted by atomic mass is 15.2. The summed E-state index contributed by atoms with van der Waals surface area (Å²) in [5, 5.41) is 7.11. The third-order valence-corrected chi connectivity index (χ3v) is 5.09. The van der Waals surface area contributed by atoms with Crippen molar-refractivity contribution in [1.29, 1.82) is 0 Å². The van der Waals surface area contributed by atoms with Gasteiger partial charge in [-0.15, -0.1) is 0 Å². The predicted molar refractivity (Wildman–Crippen MR) is 117 cm³/mol. The lowest BCUT2D eigenvalue weighted by Gasteiger charge is -2.32. The summed E-state index contributed by atoms with van der Waals surface area (Å²) in [5.41, 5.74) is 0. The number of rotatable bonds is 16. The fraction of sp³-hybridized carbons (Fsp3) is 1.00. The molecule has 0 aliphatic rings. The topological polar surface area (TPSA) is 33.8 Å². The summed E-state index contributed by atoms with van der Waals surface area (Å²) in [6.07, 6.45) is 0. The average Bonchev–Trinajstić information content (AvgIpc) is 2.51. The van der Waals surface area contributed by atoms with Crippen LogP contribution in [0.3, 0.4) is 0 Å². The van der Waals surface area contributed by atoms with Gasteiger partial charge in [0.05, 0.1) is 0 Å². The third-order valence-electron chi connectivity index (χ3n) is 5.09. The lowest BCUT2D eigenvalue weighted by molar-refractivity contribution is 0.152. The summed E-state index contributed by atoms with van der Waals surface area (Å²) in [7, 11) is 2.23. The normalized spacial score (nSPS) is 12.9. The van der Waals surface area contributed by atoms with Gasteiger partial charge >= 0.3 is 0 Å². The molecule has 0 aromatic rings. The Morgan fingerprint density at radius 2 is 0.885 bits per heavy atom. The van der Waals surface area contributed by atoms with Gasteiger partial charge in [0, 0.05) is 76.5 Å². The van der Waals surface area contributed by atoms with E-state index in [0.29, 0.717) is 24.2 Å². The second-order valence-corrected chi connectivity index (χ2v) is 8.65. The molecule has 0 aromatic heterocycles. The zero-order valence-electron chi connectivity index (χ0n) is 19.3. The SMILES string of the molecule is CC(C)N(CCNCCNCCN(C)CCN(C(C)C)C(C)C)C(C)C. The standard InChI is InChI=1S/C21H49N5/c1-18(2)25(19(3)4)15-13-23-11-10-22-12-14-24(9)16-17-26(20(5)6)21(7)8/h18-23H,10-17H2,1-9H3. The summed E-state index contributed by atoms with van der Waals surface area (Å²) in [6, 6.07) is 2.48. The van der Waals surface area contributed by atoms with E-state index in [0.717, 1.165) is 52.4 Å². The zero-order chi connectivity index (χ0) is 20.1. The molecule has 0 unspecified atom stereocenters. The van der Waals surface area contributed by atoms with Crippen LogP contribution in [0.25, 0.3) is 0 Å². The molecule has 0 radical (unpaired) electrons. The lowest BCUT2D eigenvalue weighted by atomic mass is 10.2. The van der Waals surface area contributed by atoms with Crippen molar-refractivity contribution in [2.24, 2.45) is 0 Å². The molecule has 0 saturated carbocycles. The molecule has 0 aliphatic carbocycles. The minimum Gasteiger partial charge on any atom is -0.314 e. The molecule has 0 saturated heterocycles. The van der Waals surface area contributed by atoms with Crippen LogP contribution in [0.5, 0.6) is 0 Å². The third kappa shape index (κ3) is 12.2. The van der Waals surface area contributed by atoms with E-state index >= 15 is 0 Å². The molecule has 0 rings (SSSR count). The molecule has 5 nitrogen and oxygen atoms in total. The zero-order valence-corrected chi connectivity index (χ0v) is 19.3. The fourth-order valence-electron chi connectivity index (χ4n) is 3.53. The maximum absolute atomic E-state index is 3.55. The molecular weight excluding hydrogens is 322 g/mol. The van der Waals surface area contributed by atoms with Gasteiger partial charge in [0.1, 0.15) is 0 Å². The van der Waals surface area contributed by atoms with Crippen molar-refractivity contribution in [3.63, 3.8) is 0 Å². The molecule has 26 heavy (non-hydrogen) atoms. The van der Waals surface area contributed by atoms with Gasteiger partial charge in [0.15, 0.2) is 0 Å². The molecule has 0 aromatic carbocycles. The molecule has 0 atom stereocenters. The molecule has 0 aliphatic heterocycles. The van der Waals surface area contributed by atoms with Gasteiger partial charge in [-0.05, 0) is 62.4 Å². The quantitative estimate of drug-likeness (QED) is 0.407. The van der Waals surface area contributed by atoms with Crippen molar-refractivity contribution in [3.8, 4) is 0 Å². The van der Waals surface area contributed by atoms with Gasteiger partial charge in [-0.25, -0.2) is 0 Å². The van der Waals surface area contributed by atoms with Crippen LogP contribution in [-0.2, 0) is 0 Å². The summed E-state index contributed by atoms with van der Waals surface area (Å²) in [6.45, 7) is 27.0. The maximum atomic E-state index is 3.55. The monoisotopic (exact) mass is 371 g/mol. The van der Waals surface area contributed by atoms with Gasteiger partial charge in [0.25, 0.3) is 0 Å². The van der Waals surface area contributed by atoms with Crippen LogP contribution in [-0.4, -0.2) is 98.3 Å². The Morgan fingerprint density at radius 1 is 0.500 bits per heavy atom. The Hall–Kier alpha value is -0.200. The van der Waals surface area contributed by atoms with E-state index in [4.69, 9.17) is 0 Å². The van der Waals surface area contributed by atoms with Crippen molar-refractivity contribution in [3.05, 3.63) is 0 Å². The number of nitrogens with zero attached hydrogens (tertiary/aromatic N) is 3. The first-order valence-electron chi connectivity index (χ1n) is 10.8. The smallest absolute Gasteiger partial charge is 0.0115 e. The van der Waals surface area contributed by atoms with Crippen LogP contribution in [0.2, 0.25) is 0 Å². The first-order valence-corrected chi connectivity index (χ1v) is 10.8. The Balaban J connectivity index is 3.66. The first kappa shape index (κ1) is 25.8. The van der Waals surface area contributed by atoms with E-state index in [1.54, 1.807) is 0 Å². The Kier molecular flexibility index (Phi) is 14.7. The molecule has 5 heteroatoms. The molecule has 0 fully saturated rings. The van der Waals surface area contributed by atoms with Crippen molar-refractivity contribution < 1.29 is 0 Å². The van der Waals surface area contributed by atoms with Gasteiger partial charge in [-0.1, -0.05) is 0 Å². The van der Waals surface area contributed by atoms with E-state index in [1.807, 2.05) is 0 Å². The van der Waals surface area contributed by atoms with Crippen LogP contribution in [0.1, 0.15) is 55.4 Å². The van der Waals surface area contributed by atoms with E-state index in [1.165, 1.54) is 0 Å². The van der Waals surface area contributed by atoms with E-state index in [9.17, 15) is 0 Å². The molecule has 2 N–H and O–H groups in total. The average molecular weight is 372 g/mol. The number of hydrogen-bond acceptors (Lipinski definition) is 5. The number of hydrogen-bond donors (Lipinski definition) is 2. The molecular formula is C21H49N5. The molecule has 0 spiro atoms. The summed E-state index contributed by atoms with van der Waals surface area (Å²) in [4.78, 5) is 7.53. The number of nitrogens with one attached hydrogen (secondary N) is 2. The van der Waals surface area contributed by atoms with E-state index < -0.39 is 0 Å². The van der Waals surface area contributed by atoms with Crippen LogP contribution >= 0.6 is 0 Å². The second kappa shape index (κ2) is 14.8. The molecule has 158 valence electrons. The summed E-state index contributed by atoms with van der Waals surface area (Å²) in [5.74, 6) is 0. The van der Waals surface area contributed by atoms with Crippen molar-refractivity contribution in [2.75, 3.05) is 59.4 Å². The Morgan fingerprint density at radius 3 is 1.31 bits per heavy atom. The van der Waals surface area contributed by atoms with E-state index in [2.05, 4.69) is 87.8 Å². The molecule has 0 bridgehead atoms. The first-order chi connectivity index (χ1) is 12.2. The van der Waals surface area contributed by atoms with Crippen molar-refractivity contribution in [2.45, 2.75) is 79.6 Å². The van der Waals surface area contributed by atoms with Crippen LogP contribution in [0.4, 0.5) is 0 Å². The fourth-order valence-corrected chi connectivity index (χ4v) is 3.53. The minimum atomic E-state index is 0.618.